The molecule has 0 aliphatic heterocycles. The molecule has 1 nitrogen and oxygen atoms in total. The summed E-state index contributed by atoms with van der Waals surface area (Å²) >= 11 is 0. The van der Waals surface area contributed by atoms with Crippen molar-refractivity contribution in [2.24, 2.45) is 0 Å². The molecule has 66 valence electrons. The topological polar surface area (TPSA) is 12.9 Å². The summed E-state index contributed by atoms with van der Waals surface area (Å²) in [6.45, 7) is -4.88. The molecule has 7 heteroatoms. The van der Waals surface area contributed by atoms with Gasteiger partial charge in [-0.05, 0) is 18.5 Å². The zero-order chi connectivity index (χ0) is 9.19. The third-order valence-electron chi connectivity index (χ3n) is 1.23. The van der Waals surface area contributed by atoms with Crippen LogP contribution in [0.4, 0.5) is 17.3 Å². The smallest absolute Gasteiger partial charge is 0.449 e. The van der Waals surface area contributed by atoms with Crippen LogP contribution >= 0.6 is 0 Å². The average Bonchev–Trinajstić information content (AvgIpc) is 1.91. The minimum Gasteiger partial charge on any atom is -0.449 e. The Labute approximate surface area is 115 Å². The Kier molecular flexibility index (Phi) is 5.69. The maximum atomic E-state index is 12.2. The van der Waals surface area contributed by atoms with Gasteiger partial charge in [0, 0.05) is 5.69 Å². The van der Waals surface area contributed by atoms with Crippen molar-refractivity contribution in [3.05, 3.63) is 29.8 Å². The minimum atomic E-state index is -4.88. The third-order valence-corrected chi connectivity index (χ3v) is 1.23. The van der Waals surface area contributed by atoms with Gasteiger partial charge in [-0.25, -0.2) is 4.39 Å². The zero-order valence-electron chi connectivity index (χ0n) is 6.98. The molecule has 0 aliphatic carbocycles. The number of halogens is 4. The summed E-state index contributed by atoms with van der Waals surface area (Å²) in [4.78, 5) is 3.28. The van der Waals surface area contributed by atoms with E-state index in [1.54, 1.807) is 0 Å². The van der Waals surface area contributed by atoms with Gasteiger partial charge in [-0.15, -0.1) is 0 Å². The van der Waals surface area contributed by atoms with Gasteiger partial charge in [0.15, 0.2) is 0 Å². The SMILES string of the molecule is Fc1ccc(C[B-](F)(F)F)nc1.[K+]. The summed E-state index contributed by atoms with van der Waals surface area (Å²) in [7, 11) is 0. The molecular formula is C6H5BF4KN. The van der Waals surface area contributed by atoms with E-state index in [1.807, 2.05) is 0 Å². The first-order chi connectivity index (χ1) is 5.47. The van der Waals surface area contributed by atoms with Crippen molar-refractivity contribution >= 4 is 6.98 Å². The Hall–Kier alpha value is 0.571. The van der Waals surface area contributed by atoms with E-state index in [0.29, 0.717) is 0 Å². The molecule has 0 saturated heterocycles. The van der Waals surface area contributed by atoms with E-state index >= 15 is 0 Å². The van der Waals surface area contributed by atoms with Crippen LogP contribution in [-0.2, 0) is 6.32 Å². The number of aromatic nitrogens is 1. The van der Waals surface area contributed by atoms with E-state index < -0.39 is 19.1 Å². The summed E-state index contributed by atoms with van der Waals surface area (Å²) in [5.74, 6) is -0.631. The first-order valence-electron chi connectivity index (χ1n) is 3.29. The predicted octanol–water partition coefficient (Wildman–Crippen LogP) is -0.846. The monoisotopic (exact) mass is 217 g/mol. The number of hydrogen-bond donors (Lipinski definition) is 0. The van der Waals surface area contributed by atoms with E-state index in [2.05, 4.69) is 4.98 Å². The molecule has 13 heavy (non-hydrogen) atoms. The molecule has 1 rings (SSSR count). The first kappa shape index (κ1) is 13.6. The van der Waals surface area contributed by atoms with Gasteiger partial charge in [0.05, 0.1) is 6.20 Å². The van der Waals surface area contributed by atoms with Crippen LogP contribution in [0, 0.1) is 5.82 Å². The van der Waals surface area contributed by atoms with Crippen LogP contribution in [0.1, 0.15) is 5.69 Å². The zero-order valence-corrected chi connectivity index (χ0v) is 10.1. The largest absolute Gasteiger partial charge is 1.00 e. The van der Waals surface area contributed by atoms with Gasteiger partial charge in [0.1, 0.15) is 5.82 Å². The standard InChI is InChI=1S/C6H5BF4N.K/c8-5-1-2-6(12-4-5)3-7(9,10)11;/h1-2,4H,3H2;/q-1;+1. The quantitative estimate of drug-likeness (QED) is 0.464. The van der Waals surface area contributed by atoms with Crippen LogP contribution in [-0.4, -0.2) is 12.0 Å². The molecule has 0 aromatic carbocycles. The van der Waals surface area contributed by atoms with Crippen LogP contribution in [0.3, 0.4) is 0 Å². The summed E-state index contributed by atoms with van der Waals surface area (Å²) in [6, 6.07) is 1.99. The van der Waals surface area contributed by atoms with Crippen molar-refractivity contribution in [1.29, 1.82) is 0 Å². The molecular weight excluding hydrogens is 212 g/mol. The Bertz CT molecular complexity index is 260. The molecule has 0 fully saturated rings. The Balaban J connectivity index is 0.00000144. The van der Waals surface area contributed by atoms with Gasteiger partial charge in [0.25, 0.3) is 0 Å². The summed E-state index contributed by atoms with van der Waals surface area (Å²) in [5.41, 5.74) is -0.149. The molecule has 0 amide bonds. The van der Waals surface area contributed by atoms with Crippen molar-refractivity contribution in [3.63, 3.8) is 0 Å². The van der Waals surface area contributed by atoms with Crippen molar-refractivity contribution in [2.75, 3.05) is 0 Å². The van der Waals surface area contributed by atoms with Crippen LogP contribution in [0.5, 0.6) is 0 Å². The van der Waals surface area contributed by atoms with E-state index in [4.69, 9.17) is 0 Å². The fraction of sp³-hybridized carbons (Fsp3) is 0.167. The second kappa shape index (κ2) is 5.45. The number of nitrogens with zero attached hydrogens (tertiary/aromatic N) is 1. The van der Waals surface area contributed by atoms with Gasteiger partial charge in [-0.2, -0.15) is 0 Å². The second-order valence-corrected chi connectivity index (χ2v) is 2.38. The fourth-order valence-corrected chi connectivity index (χ4v) is 0.764. The van der Waals surface area contributed by atoms with Crippen LogP contribution in [0.2, 0.25) is 0 Å². The molecule has 0 atom stereocenters. The van der Waals surface area contributed by atoms with E-state index in [-0.39, 0.29) is 57.1 Å². The molecule has 0 saturated carbocycles. The Morgan fingerprint density at radius 3 is 2.23 bits per heavy atom. The van der Waals surface area contributed by atoms with Gasteiger partial charge >= 0.3 is 58.4 Å². The fourth-order valence-electron chi connectivity index (χ4n) is 0.764. The predicted molar refractivity (Wildman–Crippen MR) is 37.0 cm³/mol. The molecule has 0 aliphatic rings. The Morgan fingerprint density at radius 2 is 1.85 bits per heavy atom. The van der Waals surface area contributed by atoms with Gasteiger partial charge in [-0.1, -0.05) is 0 Å². The number of rotatable bonds is 2. The molecule has 0 bridgehead atoms. The number of pyridine rings is 1. The van der Waals surface area contributed by atoms with Gasteiger partial charge in [-0.3, -0.25) is 4.98 Å². The molecule has 1 aromatic rings. The van der Waals surface area contributed by atoms with Crippen molar-refractivity contribution < 1.29 is 68.7 Å². The first-order valence-corrected chi connectivity index (χ1v) is 3.29. The van der Waals surface area contributed by atoms with Crippen molar-refractivity contribution in [1.82, 2.24) is 4.98 Å². The molecule has 0 N–H and O–H groups in total. The summed E-state index contributed by atoms with van der Waals surface area (Å²) in [6.07, 6.45) is -0.280. The summed E-state index contributed by atoms with van der Waals surface area (Å²) < 4.78 is 47.5. The molecule has 0 spiro atoms. The van der Waals surface area contributed by atoms with Gasteiger partial charge < -0.3 is 12.9 Å². The average molecular weight is 217 g/mol. The Morgan fingerprint density at radius 1 is 1.23 bits per heavy atom. The molecule has 0 unspecified atom stereocenters. The normalized spacial score (nSPS) is 10.8. The maximum Gasteiger partial charge on any atom is 1.00 e. The minimum absolute atomic E-state index is 0. The van der Waals surface area contributed by atoms with Crippen molar-refractivity contribution in [2.45, 2.75) is 6.32 Å². The van der Waals surface area contributed by atoms with E-state index in [0.717, 1.165) is 18.3 Å². The maximum absolute atomic E-state index is 12.2. The van der Waals surface area contributed by atoms with Gasteiger partial charge in [0.2, 0.25) is 0 Å². The number of hydrogen-bond acceptors (Lipinski definition) is 1. The molecule has 1 aromatic heterocycles. The van der Waals surface area contributed by atoms with Crippen LogP contribution < -0.4 is 51.4 Å². The summed E-state index contributed by atoms with van der Waals surface area (Å²) in [5, 5.41) is 0. The van der Waals surface area contributed by atoms with E-state index in [1.165, 1.54) is 0 Å². The van der Waals surface area contributed by atoms with Crippen molar-refractivity contribution in [3.8, 4) is 0 Å². The van der Waals surface area contributed by atoms with Crippen LogP contribution in [0.15, 0.2) is 18.3 Å². The second-order valence-electron chi connectivity index (χ2n) is 2.38. The van der Waals surface area contributed by atoms with E-state index in [9.17, 15) is 17.3 Å². The van der Waals surface area contributed by atoms with Crippen LogP contribution in [0.25, 0.3) is 0 Å². The molecule has 0 radical (unpaired) electrons. The molecule has 1 heterocycles. The third kappa shape index (κ3) is 5.79.